The van der Waals surface area contributed by atoms with Gasteiger partial charge in [0.15, 0.2) is 0 Å². The van der Waals surface area contributed by atoms with Gasteiger partial charge in [-0.15, -0.1) is 0 Å². The first-order valence-electron chi connectivity index (χ1n) is 10.4. The summed E-state index contributed by atoms with van der Waals surface area (Å²) in [6.07, 6.45) is 5.11. The number of nitrogens with zero attached hydrogens (tertiary/aromatic N) is 1. The van der Waals surface area contributed by atoms with Crippen LogP contribution in [0.5, 0.6) is 0 Å². The fourth-order valence-corrected chi connectivity index (χ4v) is 6.43. The van der Waals surface area contributed by atoms with Crippen molar-refractivity contribution in [2.75, 3.05) is 23.1 Å². The van der Waals surface area contributed by atoms with Crippen molar-refractivity contribution in [2.45, 2.75) is 49.7 Å². The molecule has 2 aromatic rings. The normalized spacial score (nSPS) is 14.6. The quantitative estimate of drug-likeness (QED) is 0.584. The summed E-state index contributed by atoms with van der Waals surface area (Å²) >= 11 is 1.90. The van der Waals surface area contributed by atoms with Gasteiger partial charge in [-0.1, -0.05) is 37.1 Å². The van der Waals surface area contributed by atoms with Gasteiger partial charge in [-0.2, -0.15) is 11.8 Å². The lowest BCUT2D eigenvalue weighted by molar-refractivity contribution is -0.119. The molecule has 7 heteroatoms. The number of aryl methyl sites for hydroxylation is 2. The van der Waals surface area contributed by atoms with Crippen molar-refractivity contribution in [3.63, 3.8) is 0 Å². The van der Waals surface area contributed by atoms with Crippen molar-refractivity contribution in [1.29, 1.82) is 0 Å². The number of sulfonamides is 1. The maximum atomic E-state index is 13.3. The average Bonchev–Trinajstić information content (AvgIpc) is 3.23. The first-order valence-corrected chi connectivity index (χ1v) is 12.9. The van der Waals surface area contributed by atoms with Gasteiger partial charge in [-0.25, -0.2) is 8.42 Å². The molecule has 1 fully saturated rings. The molecular formula is C23H30N2O3S2. The molecule has 0 atom stereocenters. The Morgan fingerprint density at radius 2 is 1.70 bits per heavy atom. The highest BCUT2D eigenvalue weighted by Gasteiger charge is 2.27. The fourth-order valence-electron chi connectivity index (χ4n) is 3.79. The van der Waals surface area contributed by atoms with Crippen LogP contribution in [-0.4, -0.2) is 38.4 Å². The summed E-state index contributed by atoms with van der Waals surface area (Å²) in [7, 11) is -3.86. The molecule has 1 amide bonds. The number of carbonyl (C=O) groups is 1. The third kappa shape index (κ3) is 6.01. The molecule has 0 aromatic heterocycles. The Bertz CT molecular complexity index is 935. The molecule has 30 heavy (non-hydrogen) atoms. The van der Waals surface area contributed by atoms with Crippen molar-refractivity contribution in [3.8, 4) is 0 Å². The molecule has 0 aliphatic heterocycles. The van der Waals surface area contributed by atoms with Crippen molar-refractivity contribution < 1.29 is 13.2 Å². The molecule has 162 valence electrons. The van der Waals surface area contributed by atoms with Crippen LogP contribution in [0, 0.1) is 13.8 Å². The highest BCUT2D eigenvalue weighted by atomic mass is 32.2. The summed E-state index contributed by atoms with van der Waals surface area (Å²) in [4.78, 5) is 12.8. The monoisotopic (exact) mass is 446 g/mol. The number of thioether (sulfide) groups is 1. The Balaban J connectivity index is 1.73. The van der Waals surface area contributed by atoms with Crippen LogP contribution in [0.2, 0.25) is 0 Å². The van der Waals surface area contributed by atoms with E-state index in [1.807, 2.05) is 31.7 Å². The van der Waals surface area contributed by atoms with E-state index in [9.17, 15) is 13.2 Å². The van der Waals surface area contributed by atoms with Gasteiger partial charge in [0.05, 0.1) is 10.6 Å². The molecule has 1 aliphatic rings. The van der Waals surface area contributed by atoms with Gasteiger partial charge >= 0.3 is 0 Å². The lowest BCUT2D eigenvalue weighted by Gasteiger charge is -2.25. The smallest absolute Gasteiger partial charge is 0.264 e. The number of anilines is 1. The lowest BCUT2D eigenvalue weighted by Crippen LogP contribution is -2.41. The zero-order valence-corrected chi connectivity index (χ0v) is 19.3. The van der Waals surface area contributed by atoms with Gasteiger partial charge < -0.3 is 5.32 Å². The number of hydrogen-bond acceptors (Lipinski definition) is 4. The molecule has 0 unspecified atom stereocenters. The second-order valence-corrected chi connectivity index (χ2v) is 11.1. The highest BCUT2D eigenvalue weighted by Crippen LogP contribution is 2.29. The molecule has 5 nitrogen and oxygen atoms in total. The Morgan fingerprint density at radius 1 is 1.07 bits per heavy atom. The van der Waals surface area contributed by atoms with E-state index >= 15 is 0 Å². The maximum Gasteiger partial charge on any atom is 0.264 e. The van der Waals surface area contributed by atoms with E-state index in [1.165, 1.54) is 30.0 Å². The third-order valence-corrected chi connectivity index (χ3v) is 8.36. The van der Waals surface area contributed by atoms with Gasteiger partial charge in [-0.3, -0.25) is 9.10 Å². The van der Waals surface area contributed by atoms with Gasteiger partial charge in [0.2, 0.25) is 5.91 Å². The van der Waals surface area contributed by atoms with Gasteiger partial charge in [0.1, 0.15) is 6.54 Å². The minimum Gasteiger partial charge on any atom is -0.354 e. The first kappa shape index (κ1) is 22.7. The van der Waals surface area contributed by atoms with E-state index < -0.39 is 10.0 Å². The van der Waals surface area contributed by atoms with Crippen LogP contribution in [0.15, 0.2) is 53.4 Å². The van der Waals surface area contributed by atoms with Gasteiger partial charge in [0, 0.05) is 17.5 Å². The van der Waals surface area contributed by atoms with E-state index in [2.05, 4.69) is 5.32 Å². The van der Waals surface area contributed by atoms with Crippen LogP contribution in [0.4, 0.5) is 5.69 Å². The molecule has 1 aliphatic carbocycles. The second-order valence-electron chi connectivity index (χ2n) is 7.80. The minimum absolute atomic E-state index is 0.175. The summed E-state index contributed by atoms with van der Waals surface area (Å²) in [5.41, 5.74) is 2.41. The number of hydrogen-bond donors (Lipinski definition) is 1. The van der Waals surface area contributed by atoms with Crippen LogP contribution in [0.1, 0.15) is 36.8 Å². The minimum atomic E-state index is -3.86. The zero-order valence-electron chi connectivity index (χ0n) is 17.6. The number of rotatable bonds is 9. The molecular weight excluding hydrogens is 416 g/mol. The van der Waals surface area contributed by atoms with Crippen molar-refractivity contribution in [1.82, 2.24) is 5.32 Å². The summed E-state index contributed by atoms with van der Waals surface area (Å²) in [5, 5.41) is 3.59. The number of carbonyl (C=O) groups excluding carboxylic acids is 1. The van der Waals surface area contributed by atoms with E-state index in [0.717, 1.165) is 16.9 Å². The first-order chi connectivity index (χ1) is 14.4. The molecule has 0 heterocycles. The SMILES string of the molecule is Cc1cc(C)cc(N(CC(=O)NCCSC2CCCC2)S(=O)(=O)c2ccccc2)c1. The predicted molar refractivity (Wildman–Crippen MR) is 125 cm³/mol. The van der Waals surface area contributed by atoms with E-state index in [0.29, 0.717) is 17.5 Å². The van der Waals surface area contributed by atoms with Crippen LogP contribution in [-0.2, 0) is 14.8 Å². The largest absolute Gasteiger partial charge is 0.354 e. The zero-order chi connectivity index (χ0) is 21.6. The van der Waals surface area contributed by atoms with Crippen LogP contribution in [0.3, 0.4) is 0 Å². The van der Waals surface area contributed by atoms with Crippen LogP contribution in [0.25, 0.3) is 0 Å². The van der Waals surface area contributed by atoms with Crippen LogP contribution >= 0.6 is 11.8 Å². The maximum absolute atomic E-state index is 13.3. The molecule has 0 radical (unpaired) electrons. The van der Waals surface area contributed by atoms with Crippen molar-refractivity contribution in [2.24, 2.45) is 0 Å². The van der Waals surface area contributed by atoms with Gasteiger partial charge in [0.25, 0.3) is 10.0 Å². The summed E-state index contributed by atoms with van der Waals surface area (Å²) < 4.78 is 27.9. The topological polar surface area (TPSA) is 66.5 Å². The molecule has 0 saturated heterocycles. The highest BCUT2D eigenvalue weighted by molar-refractivity contribution is 7.99. The molecule has 0 spiro atoms. The molecule has 0 bridgehead atoms. The average molecular weight is 447 g/mol. The number of amides is 1. The van der Waals surface area contributed by atoms with E-state index in [1.54, 1.807) is 42.5 Å². The fraction of sp³-hybridized carbons (Fsp3) is 0.435. The van der Waals surface area contributed by atoms with Crippen LogP contribution < -0.4 is 9.62 Å². The summed E-state index contributed by atoms with van der Waals surface area (Å²) in [5.74, 6) is 0.562. The standard InChI is InChI=1S/C23H30N2O3S2/c1-18-14-19(2)16-20(15-18)25(30(27,28)22-10-4-3-5-11-22)17-23(26)24-12-13-29-21-8-6-7-9-21/h3-5,10-11,14-16,21H,6-9,12-13,17H2,1-2H3,(H,24,26). The number of benzene rings is 2. The Kier molecular flexibility index (Phi) is 7.83. The summed E-state index contributed by atoms with van der Waals surface area (Å²) in [6, 6.07) is 13.8. The second kappa shape index (κ2) is 10.4. The molecule has 2 aromatic carbocycles. The van der Waals surface area contributed by atoms with E-state index in [4.69, 9.17) is 0 Å². The van der Waals surface area contributed by atoms with E-state index in [-0.39, 0.29) is 17.3 Å². The molecule has 3 rings (SSSR count). The lowest BCUT2D eigenvalue weighted by atomic mass is 10.1. The third-order valence-electron chi connectivity index (χ3n) is 5.19. The van der Waals surface area contributed by atoms with Crippen molar-refractivity contribution in [3.05, 3.63) is 59.7 Å². The predicted octanol–water partition coefficient (Wildman–Crippen LogP) is 4.29. The number of nitrogens with one attached hydrogen (secondary N) is 1. The Labute approximate surface area is 184 Å². The summed E-state index contributed by atoms with van der Waals surface area (Å²) in [6.45, 7) is 4.15. The Morgan fingerprint density at radius 3 is 2.33 bits per heavy atom. The molecule has 1 saturated carbocycles. The Hall–Kier alpha value is -1.99. The van der Waals surface area contributed by atoms with Gasteiger partial charge in [-0.05, 0) is 62.1 Å². The van der Waals surface area contributed by atoms with Crippen molar-refractivity contribution >= 4 is 33.4 Å². The molecule has 1 N–H and O–H groups in total.